The van der Waals surface area contributed by atoms with Crippen LogP contribution in [-0.4, -0.2) is 89.0 Å². The molecule has 9 aliphatic rings. The molecule has 16 heteroatoms. The SMILES string of the molecule is O=C1COc2ccccc2N1.O=C1CSc2ccccc2N1.c1ccc2c(c1)CCC2.c1ccc2c(c1)CCCN2.c1ccc2c(c1)CCNC2.c1ccc2c(c1)NCCN2.c1ccc2c(c1)NCCO2.c1ccc2c(c1)NCCS2.c1ccc2c(c1)OCCO2. The molecule has 0 aromatic heterocycles. The molecule has 0 spiro atoms. The Bertz CT molecular complexity index is 3110. The number of anilines is 7. The summed E-state index contributed by atoms with van der Waals surface area (Å²) in [7, 11) is 0. The lowest BCUT2D eigenvalue weighted by Gasteiger charge is -2.18. The highest BCUT2D eigenvalue weighted by molar-refractivity contribution is 8.00. The highest BCUT2D eigenvalue weighted by Crippen LogP contribution is 2.33. The van der Waals surface area contributed by atoms with Crippen LogP contribution < -0.4 is 61.5 Å². The highest BCUT2D eigenvalue weighted by atomic mass is 32.2. The van der Waals surface area contributed by atoms with Crippen molar-refractivity contribution in [3.05, 3.63) is 246 Å². The van der Waals surface area contributed by atoms with Gasteiger partial charge in [0.25, 0.3) is 5.91 Å². The zero-order chi connectivity index (χ0) is 62.3. The molecule has 8 aliphatic heterocycles. The van der Waals surface area contributed by atoms with Crippen LogP contribution in [0.3, 0.4) is 0 Å². The maximum atomic E-state index is 10.9. The Hall–Kier alpha value is -9.22. The van der Waals surface area contributed by atoms with Gasteiger partial charge in [0.1, 0.15) is 31.3 Å². The molecule has 0 saturated heterocycles. The second-order valence-corrected chi connectivity index (χ2v) is 23.9. The van der Waals surface area contributed by atoms with Crippen LogP contribution in [0.15, 0.2) is 228 Å². The van der Waals surface area contributed by atoms with E-state index in [-0.39, 0.29) is 18.4 Å². The maximum absolute atomic E-state index is 10.9. The van der Waals surface area contributed by atoms with Gasteiger partial charge in [-0.25, -0.2) is 0 Å². The van der Waals surface area contributed by atoms with Gasteiger partial charge in [-0.2, -0.15) is 0 Å². The summed E-state index contributed by atoms with van der Waals surface area (Å²) in [6, 6.07) is 73.4. The lowest BCUT2D eigenvalue weighted by atomic mass is 10.0. The first-order chi connectivity index (χ1) is 45.0. The van der Waals surface area contributed by atoms with Gasteiger partial charge in [0.15, 0.2) is 18.1 Å². The molecule has 9 aromatic rings. The van der Waals surface area contributed by atoms with Crippen LogP contribution in [0.25, 0.3) is 0 Å². The molecule has 0 atom stereocenters. The summed E-state index contributed by atoms with van der Waals surface area (Å²) in [6.45, 7) is 9.61. The second kappa shape index (κ2) is 35.8. The smallest absolute Gasteiger partial charge is 0.262 e. The quantitative estimate of drug-likeness (QED) is 0.0722. The number of rotatable bonds is 0. The van der Waals surface area contributed by atoms with Crippen LogP contribution in [0.4, 0.5) is 39.8 Å². The molecular formula is C75H82N8O6S2. The third-order valence-electron chi connectivity index (χ3n) is 15.3. The zero-order valence-electron chi connectivity index (χ0n) is 51.5. The fourth-order valence-corrected chi connectivity index (χ4v) is 12.4. The number of carbonyl (C=O) groups is 2. The lowest BCUT2D eigenvalue weighted by molar-refractivity contribution is -0.118. The molecular weight excluding hydrogens is 1170 g/mol. The van der Waals surface area contributed by atoms with Gasteiger partial charge in [-0.1, -0.05) is 140 Å². The zero-order valence-corrected chi connectivity index (χ0v) is 53.1. The Kier molecular flexibility index (Phi) is 25.5. The van der Waals surface area contributed by atoms with Crippen LogP contribution in [0.5, 0.6) is 23.0 Å². The molecule has 18 rings (SSSR count). The van der Waals surface area contributed by atoms with Crippen LogP contribution in [0, 0.1) is 0 Å². The number of fused-ring (bicyclic) bond motifs is 9. The number of ether oxygens (including phenoxy) is 4. The molecule has 0 saturated carbocycles. The minimum atomic E-state index is -0.0938. The fraction of sp³-hybridized carbons (Fsp3) is 0.253. The van der Waals surface area contributed by atoms with Crippen molar-refractivity contribution >= 4 is 75.1 Å². The number of hydrogen-bond acceptors (Lipinski definition) is 14. The lowest BCUT2D eigenvalue weighted by Crippen LogP contribution is -2.25. The average molecular weight is 1260 g/mol. The topological polar surface area (TPSA) is 167 Å². The predicted octanol–water partition coefficient (Wildman–Crippen LogP) is 15.0. The minimum absolute atomic E-state index is 0.0914. The summed E-state index contributed by atoms with van der Waals surface area (Å²) >= 11 is 3.51. The van der Waals surface area contributed by atoms with Crippen molar-refractivity contribution in [2.45, 2.75) is 54.9 Å². The van der Waals surface area contributed by atoms with Gasteiger partial charge in [0.2, 0.25) is 5.91 Å². The first-order valence-electron chi connectivity index (χ1n) is 31.5. The van der Waals surface area contributed by atoms with Gasteiger partial charge >= 0.3 is 0 Å². The van der Waals surface area contributed by atoms with Crippen molar-refractivity contribution in [2.24, 2.45) is 0 Å². The molecule has 0 fully saturated rings. The summed E-state index contributed by atoms with van der Waals surface area (Å²) in [5, 5.41) is 25.4. The minimum Gasteiger partial charge on any atom is -0.490 e. The standard InChI is InChI=1S/2C9H11N.C9H10.C8H10N2.C8H7NO2.C8H7NOS.C8H9NO.C8H9NS.C8H8O2/c1-2-6-9-8(4-1)5-3-7-10-9;1-2-4-9-7-10-6-5-8(9)3-1;1-2-5-9-7-3-6-8(9)4-1;1-2-4-8-7(3-1)9-5-6-10-8;2*10-8-5-11-7-4-2-1-3-6(7)9-8;3*1-2-4-8-7(3-1)9-5-6-10-8/h1-2,4,6,10H,3,5,7H2;1-4,10H,5-7H2;1-2,4-5H,3,6-7H2;1-4,9-10H,5-6H2;2*1-4H,5H2,(H,9,10);2*1-4,9H,5-6H2;1-4H,5-6H2. The summed E-state index contributed by atoms with van der Waals surface area (Å²) < 4.78 is 21.1. The summed E-state index contributed by atoms with van der Waals surface area (Å²) in [5.41, 5.74) is 15.4. The Labute approximate surface area is 544 Å². The van der Waals surface area contributed by atoms with E-state index < -0.39 is 0 Å². The number of para-hydroxylation sites is 11. The van der Waals surface area contributed by atoms with E-state index in [4.69, 9.17) is 18.9 Å². The number of thioether (sulfide) groups is 2. The van der Waals surface area contributed by atoms with E-state index in [0.717, 1.165) is 97.4 Å². The first-order valence-corrected chi connectivity index (χ1v) is 33.5. The number of benzene rings is 9. The van der Waals surface area contributed by atoms with Crippen LogP contribution in [-0.2, 0) is 41.8 Å². The number of carbonyl (C=O) groups excluding carboxylic acids is 2. The van der Waals surface area contributed by atoms with Gasteiger partial charge in [-0.15, -0.1) is 23.5 Å². The van der Waals surface area contributed by atoms with E-state index in [9.17, 15) is 9.59 Å². The Morgan fingerprint density at radius 1 is 0.308 bits per heavy atom. The van der Waals surface area contributed by atoms with Gasteiger partial charge in [-0.3, -0.25) is 9.59 Å². The molecule has 1 aliphatic carbocycles. The molecule has 91 heavy (non-hydrogen) atoms. The third kappa shape index (κ3) is 20.7. The molecule has 14 nitrogen and oxygen atoms in total. The van der Waals surface area contributed by atoms with Crippen molar-refractivity contribution in [2.75, 3.05) is 114 Å². The maximum Gasteiger partial charge on any atom is 0.262 e. The molecule has 470 valence electrons. The number of amides is 2. The van der Waals surface area contributed by atoms with Crippen LogP contribution >= 0.6 is 23.5 Å². The van der Waals surface area contributed by atoms with E-state index in [2.05, 4.69) is 152 Å². The summed E-state index contributed by atoms with van der Waals surface area (Å²) in [5.74, 6) is 5.15. The van der Waals surface area contributed by atoms with Crippen molar-refractivity contribution in [3.63, 3.8) is 0 Å². The Morgan fingerprint density at radius 3 is 1.38 bits per heavy atom. The third-order valence-corrected chi connectivity index (χ3v) is 17.4. The number of aryl methyl sites for hydroxylation is 3. The molecule has 0 unspecified atom stereocenters. The largest absolute Gasteiger partial charge is 0.490 e. The van der Waals surface area contributed by atoms with Gasteiger partial charge in [0, 0.05) is 66.2 Å². The molecule has 8 N–H and O–H groups in total. The number of nitrogens with one attached hydrogen (secondary N) is 8. The van der Waals surface area contributed by atoms with Gasteiger partial charge < -0.3 is 61.5 Å². The van der Waals surface area contributed by atoms with Gasteiger partial charge in [-0.05, 0) is 152 Å². The van der Waals surface area contributed by atoms with Crippen LogP contribution in [0.1, 0.15) is 40.7 Å². The highest BCUT2D eigenvalue weighted by Gasteiger charge is 2.16. The van der Waals surface area contributed by atoms with Crippen LogP contribution in [0.2, 0.25) is 0 Å². The first kappa shape index (κ1) is 64.8. The van der Waals surface area contributed by atoms with Gasteiger partial charge in [0.05, 0.1) is 34.2 Å². The Balaban J connectivity index is 0.000000112. The molecule has 8 heterocycles. The summed E-state index contributed by atoms with van der Waals surface area (Å²) in [6.07, 6.45) is 7.67. The van der Waals surface area contributed by atoms with E-state index in [1.807, 2.05) is 121 Å². The van der Waals surface area contributed by atoms with E-state index in [0.29, 0.717) is 19.0 Å². The number of hydrogen-bond donors (Lipinski definition) is 8. The van der Waals surface area contributed by atoms with Crippen molar-refractivity contribution < 1.29 is 28.5 Å². The molecule has 2 amide bonds. The molecule has 0 radical (unpaired) electrons. The normalized spacial score (nSPS) is 15.3. The monoisotopic (exact) mass is 1250 g/mol. The van der Waals surface area contributed by atoms with Crippen molar-refractivity contribution in [1.29, 1.82) is 0 Å². The average Bonchev–Trinajstić information content (AvgIpc) is 4.39. The molecule has 0 bridgehead atoms. The van der Waals surface area contributed by atoms with Crippen molar-refractivity contribution in [1.82, 2.24) is 5.32 Å². The molecule has 9 aromatic carbocycles. The fourth-order valence-electron chi connectivity index (χ4n) is 10.7. The Morgan fingerprint density at radius 2 is 0.758 bits per heavy atom. The van der Waals surface area contributed by atoms with E-state index >= 15 is 0 Å². The van der Waals surface area contributed by atoms with E-state index in [1.165, 1.54) is 88.6 Å². The second-order valence-electron chi connectivity index (χ2n) is 21.8. The van der Waals surface area contributed by atoms with E-state index in [1.54, 1.807) is 22.9 Å². The summed E-state index contributed by atoms with van der Waals surface area (Å²) in [4.78, 5) is 24.2. The predicted molar refractivity (Wildman–Crippen MR) is 377 cm³/mol. The van der Waals surface area contributed by atoms with Crippen molar-refractivity contribution in [3.8, 4) is 23.0 Å².